The highest BCUT2D eigenvalue weighted by atomic mass is 16.4. The molecule has 1 aromatic heterocycles. The summed E-state index contributed by atoms with van der Waals surface area (Å²) in [5, 5.41) is 14.2. The number of hydrogen-bond donors (Lipinski definition) is 3. The topological polar surface area (TPSA) is 91.3 Å². The van der Waals surface area contributed by atoms with E-state index in [1.54, 1.807) is 0 Å². The summed E-state index contributed by atoms with van der Waals surface area (Å²) < 4.78 is 0. The Balaban J connectivity index is 2.47. The average molecular weight is 279 g/mol. The van der Waals surface area contributed by atoms with Crippen molar-refractivity contribution in [2.24, 2.45) is 5.92 Å². The number of carboxylic acids is 1. The summed E-state index contributed by atoms with van der Waals surface area (Å²) in [4.78, 5) is 26.8. The van der Waals surface area contributed by atoms with E-state index < -0.39 is 12.0 Å². The second kappa shape index (κ2) is 7.47. The molecule has 1 aromatic rings. The number of aryl methyl sites for hydroxylation is 1. The number of aliphatic carboxylic acids is 1. The predicted octanol–water partition coefficient (Wildman–Crippen LogP) is 1.69. The minimum atomic E-state index is -0.927. The van der Waals surface area contributed by atoms with Crippen molar-refractivity contribution in [2.45, 2.75) is 39.8 Å². The van der Waals surface area contributed by atoms with Crippen LogP contribution in [0.15, 0.2) is 18.2 Å². The van der Waals surface area contributed by atoms with Gasteiger partial charge in [-0.3, -0.25) is 9.78 Å². The van der Waals surface area contributed by atoms with Gasteiger partial charge in [-0.2, -0.15) is 0 Å². The third-order valence-corrected chi connectivity index (χ3v) is 2.89. The van der Waals surface area contributed by atoms with Crippen LogP contribution in [0.2, 0.25) is 0 Å². The van der Waals surface area contributed by atoms with Gasteiger partial charge in [0.15, 0.2) is 0 Å². The monoisotopic (exact) mass is 279 g/mol. The van der Waals surface area contributed by atoms with Gasteiger partial charge < -0.3 is 15.7 Å². The van der Waals surface area contributed by atoms with Crippen LogP contribution in [0.1, 0.15) is 31.7 Å². The standard InChI is InChI=1S/C14H21N3O3/c1-9(2)12(7-13(18)19)17-14(20)15-8-11-6-4-5-10(3)16-11/h4-6,9,12H,7-8H2,1-3H3,(H,18,19)(H2,15,17,20). The van der Waals surface area contributed by atoms with Crippen LogP contribution >= 0.6 is 0 Å². The SMILES string of the molecule is Cc1cccc(CNC(=O)NC(CC(=O)O)C(C)C)n1. The molecule has 0 aliphatic rings. The van der Waals surface area contributed by atoms with Gasteiger partial charge in [0.2, 0.25) is 0 Å². The summed E-state index contributed by atoms with van der Waals surface area (Å²) in [5.74, 6) is -0.877. The van der Waals surface area contributed by atoms with Crippen molar-refractivity contribution in [3.63, 3.8) is 0 Å². The second-order valence-electron chi connectivity index (χ2n) is 5.05. The first-order valence-corrected chi connectivity index (χ1v) is 6.57. The largest absolute Gasteiger partial charge is 0.481 e. The second-order valence-corrected chi connectivity index (χ2v) is 5.05. The van der Waals surface area contributed by atoms with E-state index in [1.807, 2.05) is 39.0 Å². The predicted molar refractivity (Wildman–Crippen MR) is 75.2 cm³/mol. The number of carbonyl (C=O) groups is 2. The van der Waals surface area contributed by atoms with E-state index in [4.69, 9.17) is 5.11 Å². The summed E-state index contributed by atoms with van der Waals surface area (Å²) in [6.45, 7) is 5.93. The molecule has 0 aromatic carbocycles. The van der Waals surface area contributed by atoms with Gasteiger partial charge in [0.05, 0.1) is 18.7 Å². The fourth-order valence-electron chi connectivity index (χ4n) is 1.73. The molecule has 0 aliphatic carbocycles. The Morgan fingerprint density at radius 3 is 2.60 bits per heavy atom. The van der Waals surface area contributed by atoms with Gasteiger partial charge in [0.1, 0.15) is 0 Å². The highest BCUT2D eigenvalue weighted by Gasteiger charge is 2.19. The molecule has 6 nitrogen and oxygen atoms in total. The molecule has 0 saturated heterocycles. The van der Waals surface area contributed by atoms with Crippen LogP contribution < -0.4 is 10.6 Å². The van der Waals surface area contributed by atoms with Crippen LogP contribution in [0.4, 0.5) is 4.79 Å². The van der Waals surface area contributed by atoms with Crippen molar-refractivity contribution in [2.75, 3.05) is 0 Å². The minimum Gasteiger partial charge on any atom is -0.481 e. The van der Waals surface area contributed by atoms with Gasteiger partial charge in [-0.15, -0.1) is 0 Å². The first-order chi connectivity index (χ1) is 9.38. The number of amides is 2. The molecule has 1 atom stereocenters. The molecule has 0 bridgehead atoms. The molecule has 6 heteroatoms. The fourth-order valence-corrected chi connectivity index (χ4v) is 1.73. The Kier molecular flexibility index (Phi) is 5.96. The third-order valence-electron chi connectivity index (χ3n) is 2.89. The quantitative estimate of drug-likeness (QED) is 0.739. The van der Waals surface area contributed by atoms with Crippen molar-refractivity contribution in [3.8, 4) is 0 Å². The Bertz CT molecular complexity index is 474. The molecule has 0 spiro atoms. The Labute approximate surface area is 118 Å². The third kappa shape index (κ3) is 5.69. The molecule has 110 valence electrons. The lowest BCUT2D eigenvalue weighted by atomic mass is 10.0. The Morgan fingerprint density at radius 1 is 1.35 bits per heavy atom. The zero-order chi connectivity index (χ0) is 15.1. The van der Waals surface area contributed by atoms with E-state index in [9.17, 15) is 9.59 Å². The van der Waals surface area contributed by atoms with Crippen LogP contribution in [-0.2, 0) is 11.3 Å². The molecule has 0 radical (unpaired) electrons. The molecule has 20 heavy (non-hydrogen) atoms. The maximum Gasteiger partial charge on any atom is 0.315 e. The summed E-state index contributed by atoms with van der Waals surface area (Å²) in [6.07, 6.45) is -0.0895. The van der Waals surface area contributed by atoms with Crippen LogP contribution in [0, 0.1) is 12.8 Å². The molecule has 0 aliphatic heterocycles. The number of nitrogens with one attached hydrogen (secondary N) is 2. The van der Waals surface area contributed by atoms with Crippen molar-refractivity contribution >= 4 is 12.0 Å². The van der Waals surface area contributed by atoms with Crippen molar-refractivity contribution < 1.29 is 14.7 Å². The summed E-state index contributed by atoms with van der Waals surface area (Å²) in [6, 6.07) is 4.81. The number of nitrogens with zero attached hydrogens (tertiary/aromatic N) is 1. The number of aromatic nitrogens is 1. The Morgan fingerprint density at radius 2 is 2.05 bits per heavy atom. The molecule has 0 fully saturated rings. The van der Waals surface area contributed by atoms with E-state index in [0.29, 0.717) is 6.54 Å². The lowest BCUT2D eigenvalue weighted by molar-refractivity contribution is -0.137. The first-order valence-electron chi connectivity index (χ1n) is 6.57. The van der Waals surface area contributed by atoms with Gasteiger partial charge in [-0.05, 0) is 25.0 Å². The van der Waals surface area contributed by atoms with Crippen LogP contribution in [0.25, 0.3) is 0 Å². The molecule has 2 amide bonds. The average Bonchev–Trinajstić information content (AvgIpc) is 2.35. The highest BCUT2D eigenvalue weighted by molar-refractivity contribution is 5.75. The molecule has 3 N–H and O–H groups in total. The summed E-state index contributed by atoms with van der Waals surface area (Å²) in [7, 11) is 0. The normalized spacial score (nSPS) is 12.0. The van der Waals surface area contributed by atoms with Gasteiger partial charge in [0, 0.05) is 11.7 Å². The number of pyridine rings is 1. The number of carboxylic acid groups (broad SMARTS) is 1. The zero-order valence-electron chi connectivity index (χ0n) is 12.0. The first kappa shape index (κ1) is 15.9. The Hall–Kier alpha value is -2.11. The highest BCUT2D eigenvalue weighted by Crippen LogP contribution is 2.06. The smallest absolute Gasteiger partial charge is 0.315 e. The van der Waals surface area contributed by atoms with Crippen molar-refractivity contribution in [1.82, 2.24) is 15.6 Å². The number of rotatable bonds is 6. The van der Waals surface area contributed by atoms with E-state index >= 15 is 0 Å². The molecule has 1 heterocycles. The molecule has 0 saturated carbocycles. The van der Waals surface area contributed by atoms with Crippen molar-refractivity contribution in [1.29, 1.82) is 0 Å². The van der Waals surface area contributed by atoms with Crippen LogP contribution in [0.3, 0.4) is 0 Å². The number of urea groups is 1. The molecular formula is C14H21N3O3. The van der Waals surface area contributed by atoms with E-state index in [-0.39, 0.29) is 18.4 Å². The van der Waals surface area contributed by atoms with Crippen LogP contribution in [0.5, 0.6) is 0 Å². The number of hydrogen-bond acceptors (Lipinski definition) is 3. The molecule has 1 unspecified atom stereocenters. The maximum absolute atomic E-state index is 11.8. The zero-order valence-corrected chi connectivity index (χ0v) is 12.0. The van der Waals surface area contributed by atoms with E-state index in [2.05, 4.69) is 15.6 Å². The van der Waals surface area contributed by atoms with Crippen LogP contribution in [-0.4, -0.2) is 28.1 Å². The maximum atomic E-state index is 11.8. The molecule has 1 rings (SSSR count). The lowest BCUT2D eigenvalue weighted by Gasteiger charge is -2.20. The summed E-state index contributed by atoms with van der Waals surface area (Å²) >= 11 is 0. The van der Waals surface area contributed by atoms with Gasteiger partial charge in [-0.1, -0.05) is 19.9 Å². The molecular weight excluding hydrogens is 258 g/mol. The van der Waals surface area contributed by atoms with Gasteiger partial charge >= 0.3 is 12.0 Å². The summed E-state index contributed by atoms with van der Waals surface area (Å²) in [5.41, 5.74) is 1.65. The lowest BCUT2D eigenvalue weighted by Crippen LogP contribution is -2.45. The fraction of sp³-hybridized carbons (Fsp3) is 0.500. The number of carbonyl (C=O) groups excluding carboxylic acids is 1. The van der Waals surface area contributed by atoms with E-state index in [0.717, 1.165) is 11.4 Å². The minimum absolute atomic E-state index is 0.0499. The van der Waals surface area contributed by atoms with Gasteiger partial charge in [0.25, 0.3) is 0 Å². The van der Waals surface area contributed by atoms with Crippen molar-refractivity contribution in [3.05, 3.63) is 29.6 Å². The van der Waals surface area contributed by atoms with E-state index in [1.165, 1.54) is 0 Å². The van der Waals surface area contributed by atoms with Gasteiger partial charge in [-0.25, -0.2) is 4.79 Å².